The number of nitrogens with zero attached hydrogens (tertiary/aromatic N) is 5. The normalized spacial score (nSPS) is 16.0. The summed E-state index contributed by atoms with van der Waals surface area (Å²) in [6.07, 6.45) is 4.81. The number of halogens is 3. The lowest BCUT2D eigenvalue weighted by atomic mass is 10.0. The predicted molar refractivity (Wildman–Crippen MR) is 109 cm³/mol. The minimum atomic E-state index is -0.462. The van der Waals surface area contributed by atoms with Gasteiger partial charge in [0.25, 0.3) is 0 Å². The Labute approximate surface area is 172 Å². The van der Waals surface area contributed by atoms with Crippen LogP contribution in [0, 0.1) is 11.6 Å². The van der Waals surface area contributed by atoms with Crippen molar-refractivity contribution in [1.82, 2.24) is 19.5 Å². The zero-order valence-electron chi connectivity index (χ0n) is 16.0. The van der Waals surface area contributed by atoms with Gasteiger partial charge in [0, 0.05) is 32.4 Å². The molecule has 154 valence electrons. The van der Waals surface area contributed by atoms with Crippen LogP contribution in [0.25, 0.3) is 5.65 Å². The van der Waals surface area contributed by atoms with Crippen LogP contribution >= 0.6 is 12.4 Å². The Morgan fingerprint density at radius 2 is 2.07 bits per heavy atom. The van der Waals surface area contributed by atoms with Gasteiger partial charge in [-0.25, -0.2) is 23.1 Å². The van der Waals surface area contributed by atoms with Crippen molar-refractivity contribution in [2.75, 3.05) is 30.9 Å². The predicted octanol–water partition coefficient (Wildman–Crippen LogP) is 3.86. The fourth-order valence-corrected chi connectivity index (χ4v) is 3.47. The zero-order chi connectivity index (χ0) is 19.8. The van der Waals surface area contributed by atoms with Gasteiger partial charge in [-0.15, -0.1) is 12.4 Å². The lowest BCUT2D eigenvalue weighted by Gasteiger charge is -2.26. The Morgan fingerprint density at radius 1 is 1.28 bits per heavy atom. The van der Waals surface area contributed by atoms with Crippen LogP contribution in [0.4, 0.5) is 25.1 Å². The van der Waals surface area contributed by atoms with E-state index in [0.29, 0.717) is 35.7 Å². The van der Waals surface area contributed by atoms with Gasteiger partial charge < -0.3 is 15.1 Å². The van der Waals surface area contributed by atoms with Gasteiger partial charge in [0.15, 0.2) is 5.65 Å². The Kier molecular flexibility index (Phi) is 5.88. The summed E-state index contributed by atoms with van der Waals surface area (Å²) in [4.78, 5) is 20.0. The van der Waals surface area contributed by atoms with Crippen LogP contribution in [-0.2, 0) is 0 Å². The van der Waals surface area contributed by atoms with Gasteiger partial charge in [-0.05, 0) is 37.1 Å². The molecule has 1 fully saturated rings. The standard InChI is InChI=1S/C19H20F2N6O.ClH/c1-25(2)19(28)23-15-11-22-27-9-7-17(24-18(15)27)26-8-3-4-16(26)13-10-12(20)5-6-14(13)21;/h5-7,9-11,16H,3-4,8H2,1-2H3,(H,23,28);1H. The lowest BCUT2D eigenvalue weighted by Crippen LogP contribution is -2.27. The second kappa shape index (κ2) is 8.20. The molecule has 0 spiro atoms. The van der Waals surface area contributed by atoms with Gasteiger partial charge in [-0.3, -0.25) is 0 Å². The van der Waals surface area contributed by atoms with Crippen molar-refractivity contribution in [2.24, 2.45) is 0 Å². The Balaban J connectivity index is 0.00000240. The number of carbonyl (C=O) groups is 1. The van der Waals surface area contributed by atoms with Gasteiger partial charge in [0.2, 0.25) is 0 Å². The van der Waals surface area contributed by atoms with Gasteiger partial charge >= 0.3 is 6.03 Å². The molecule has 1 aliphatic rings. The number of rotatable bonds is 3. The van der Waals surface area contributed by atoms with E-state index in [0.717, 1.165) is 18.6 Å². The van der Waals surface area contributed by atoms with Crippen LogP contribution in [0.1, 0.15) is 24.4 Å². The molecule has 1 atom stereocenters. The van der Waals surface area contributed by atoms with Crippen LogP contribution < -0.4 is 10.2 Å². The third kappa shape index (κ3) is 3.95. The summed E-state index contributed by atoms with van der Waals surface area (Å²) < 4.78 is 29.6. The number of hydrogen-bond acceptors (Lipinski definition) is 4. The molecule has 1 saturated heterocycles. The first-order valence-electron chi connectivity index (χ1n) is 8.98. The van der Waals surface area contributed by atoms with E-state index in [-0.39, 0.29) is 24.5 Å². The van der Waals surface area contributed by atoms with Crippen LogP contribution in [0.5, 0.6) is 0 Å². The topological polar surface area (TPSA) is 65.8 Å². The highest BCUT2D eigenvalue weighted by Gasteiger charge is 2.30. The quantitative estimate of drug-likeness (QED) is 0.696. The van der Waals surface area contributed by atoms with Gasteiger partial charge in [-0.2, -0.15) is 5.10 Å². The maximum atomic E-state index is 14.3. The van der Waals surface area contributed by atoms with Crippen molar-refractivity contribution < 1.29 is 13.6 Å². The number of benzene rings is 1. The molecule has 0 bridgehead atoms. The maximum absolute atomic E-state index is 14.3. The average molecular weight is 423 g/mol. The highest BCUT2D eigenvalue weighted by Crippen LogP contribution is 2.37. The van der Waals surface area contributed by atoms with E-state index in [9.17, 15) is 13.6 Å². The fraction of sp³-hybridized carbons (Fsp3) is 0.316. The number of nitrogens with one attached hydrogen (secondary N) is 1. The molecular formula is C19H21ClF2N6O. The summed E-state index contributed by atoms with van der Waals surface area (Å²) in [6, 6.07) is 4.72. The van der Waals surface area contributed by atoms with Gasteiger partial charge in [0.05, 0.1) is 12.2 Å². The Morgan fingerprint density at radius 3 is 2.83 bits per heavy atom. The summed E-state index contributed by atoms with van der Waals surface area (Å²) in [5, 5.41) is 6.95. The third-order valence-corrected chi connectivity index (χ3v) is 4.87. The van der Waals surface area contributed by atoms with Crippen molar-refractivity contribution in [3.05, 3.63) is 53.9 Å². The molecule has 1 aromatic carbocycles. The minimum Gasteiger partial charge on any atom is -0.349 e. The second-order valence-corrected chi connectivity index (χ2v) is 6.95. The Hall–Kier alpha value is -2.94. The number of carbonyl (C=O) groups excluding carboxylic acids is 1. The molecule has 3 aromatic rings. The fourth-order valence-electron chi connectivity index (χ4n) is 3.47. The smallest absolute Gasteiger partial charge is 0.321 e. The van der Waals surface area contributed by atoms with Crippen LogP contribution in [0.15, 0.2) is 36.7 Å². The summed E-state index contributed by atoms with van der Waals surface area (Å²) in [7, 11) is 3.28. The van der Waals surface area contributed by atoms with E-state index in [4.69, 9.17) is 0 Å². The van der Waals surface area contributed by atoms with E-state index in [2.05, 4.69) is 15.4 Å². The molecule has 0 radical (unpaired) electrons. The first-order valence-corrected chi connectivity index (χ1v) is 8.98. The number of anilines is 2. The Bertz CT molecular complexity index is 1040. The monoisotopic (exact) mass is 422 g/mol. The second-order valence-electron chi connectivity index (χ2n) is 6.95. The molecule has 29 heavy (non-hydrogen) atoms. The first kappa shape index (κ1) is 20.8. The molecular weight excluding hydrogens is 402 g/mol. The highest BCUT2D eigenvalue weighted by molar-refractivity contribution is 5.92. The summed E-state index contributed by atoms with van der Waals surface area (Å²) in [6.45, 7) is 0.678. The molecule has 1 aliphatic heterocycles. The number of amides is 2. The number of urea groups is 1. The van der Waals surface area contributed by atoms with Crippen molar-refractivity contribution in [3.63, 3.8) is 0 Å². The molecule has 2 aromatic heterocycles. The zero-order valence-corrected chi connectivity index (χ0v) is 16.8. The molecule has 4 rings (SSSR count). The van der Waals surface area contributed by atoms with Crippen molar-refractivity contribution in [3.8, 4) is 0 Å². The van der Waals surface area contributed by atoms with E-state index < -0.39 is 11.6 Å². The molecule has 1 unspecified atom stereocenters. The molecule has 3 heterocycles. The SMILES string of the molecule is CN(C)C(=O)Nc1cnn2ccc(N3CCCC3c3cc(F)ccc3F)nc12.Cl. The van der Waals surface area contributed by atoms with Crippen molar-refractivity contribution >= 4 is 35.6 Å². The van der Waals surface area contributed by atoms with Gasteiger partial charge in [0.1, 0.15) is 23.1 Å². The van der Waals surface area contributed by atoms with Crippen molar-refractivity contribution in [2.45, 2.75) is 18.9 Å². The van der Waals surface area contributed by atoms with Crippen LogP contribution in [0.3, 0.4) is 0 Å². The molecule has 10 heteroatoms. The largest absolute Gasteiger partial charge is 0.349 e. The minimum absolute atomic E-state index is 0. The number of fused-ring (bicyclic) bond motifs is 1. The maximum Gasteiger partial charge on any atom is 0.321 e. The molecule has 2 amide bonds. The summed E-state index contributed by atoms with van der Waals surface area (Å²) >= 11 is 0. The molecule has 7 nitrogen and oxygen atoms in total. The third-order valence-electron chi connectivity index (χ3n) is 4.87. The summed E-state index contributed by atoms with van der Waals surface area (Å²) in [5.41, 5.74) is 1.29. The van der Waals surface area contributed by atoms with E-state index in [1.54, 1.807) is 30.9 Å². The van der Waals surface area contributed by atoms with E-state index >= 15 is 0 Å². The van der Waals surface area contributed by atoms with E-state index in [1.807, 2.05) is 4.90 Å². The van der Waals surface area contributed by atoms with Crippen molar-refractivity contribution in [1.29, 1.82) is 0 Å². The van der Waals surface area contributed by atoms with Gasteiger partial charge in [-0.1, -0.05) is 0 Å². The number of hydrogen-bond donors (Lipinski definition) is 1. The average Bonchev–Trinajstić information content (AvgIpc) is 3.30. The van der Waals surface area contributed by atoms with E-state index in [1.165, 1.54) is 17.2 Å². The van der Waals surface area contributed by atoms with Crippen LogP contribution in [0.2, 0.25) is 0 Å². The highest BCUT2D eigenvalue weighted by atomic mass is 35.5. The summed E-state index contributed by atoms with van der Waals surface area (Å²) in [5.74, 6) is -0.265. The molecule has 1 N–H and O–H groups in total. The lowest BCUT2D eigenvalue weighted by molar-refractivity contribution is 0.230. The molecule has 0 aliphatic carbocycles. The first-order chi connectivity index (χ1) is 13.4. The molecule has 0 saturated carbocycles. The number of aromatic nitrogens is 3. The van der Waals surface area contributed by atoms with Crippen LogP contribution in [-0.4, -0.2) is 46.2 Å².